The van der Waals surface area contributed by atoms with E-state index in [0.717, 1.165) is 10.0 Å². The van der Waals surface area contributed by atoms with Crippen LogP contribution >= 0.6 is 15.9 Å². The van der Waals surface area contributed by atoms with Gasteiger partial charge in [-0.15, -0.1) is 0 Å². The third kappa shape index (κ3) is 5.70. The van der Waals surface area contributed by atoms with Crippen LogP contribution in [0.2, 0.25) is 0 Å². The van der Waals surface area contributed by atoms with Crippen LogP contribution in [0.25, 0.3) is 6.08 Å². The van der Waals surface area contributed by atoms with Crippen molar-refractivity contribution in [1.82, 2.24) is 5.32 Å². The Balaban J connectivity index is 2.51. The maximum absolute atomic E-state index is 11.6. The number of rotatable bonds is 5. The third-order valence-corrected chi connectivity index (χ3v) is 2.82. The van der Waals surface area contributed by atoms with E-state index in [1.165, 1.54) is 6.08 Å². The van der Waals surface area contributed by atoms with Crippen molar-refractivity contribution < 1.29 is 14.3 Å². The SMILES string of the molecule is CCOC(=O)C(C)NC(=O)C=Cc1ccc(Br)cc1. The summed E-state index contributed by atoms with van der Waals surface area (Å²) in [6.45, 7) is 3.61. The molecule has 0 spiro atoms. The van der Waals surface area contributed by atoms with Crippen molar-refractivity contribution in [2.24, 2.45) is 0 Å². The molecule has 1 aromatic rings. The van der Waals surface area contributed by atoms with E-state index >= 15 is 0 Å². The van der Waals surface area contributed by atoms with E-state index < -0.39 is 12.0 Å². The molecule has 0 radical (unpaired) electrons. The van der Waals surface area contributed by atoms with Gasteiger partial charge in [-0.1, -0.05) is 28.1 Å². The van der Waals surface area contributed by atoms with Crippen LogP contribution in [0.15, 0.2) is 34.8 Å². The highest BCUT2D eigenvalue weighted by Crippen LogP contribution is 2.11. The fourth-order valence-corrected chi connectivity index (χ4v) is 1.60. The Morgan fingerprint density at radius 2 is 2.00 bits per heavy atom. The number of benzene rings is 1. The summed E-state index contributed by atoms with van der Waals surface area (Å²) < 4.78 is 5.77. The molecular formula is C14H16BrNO3. The van der Waals surface area contributed by atoms with E-state index in [1.54, 1.807) is 19.9 Å². The zero-order chi connectivity index (χ0) is 14.3. The second kappa shape index (κ2) is 7.74. The molecule has 1 amide bonds. The molecule has 102 valence electrons. The molecule has 5 heteroatoms. The number of amides is 1. The average Bonchev–Trinajstić information content (AvgIpc) is 2.38. The molecule has 1 unspecified atom stereocenters. The molecule has 1 atom stereocenters. The molecule has 0 heterocycles. The zero-order valence-electron chi connectivity index (χ0n) is 10.9. The Labute approximate surface area is 121 Å². The molecule has 1 N–H and O–H groups in total. The normalized spacial score (nSPS) is 12.2. The van der Waals surface area contributed by atoms with Crippen molar-refractivity contribution in [3.8, 4) is 0 Å². The maximum Gasteiger partial charge on any atom is 0.328 e. The topological polar surface area (TPSA) is 55.4 Å². The molecule has 0 aliphatic carbocycles. The van der Waals surface area contributed by atoms with E-state index in [-0.39, 0.29) is 5.91 Å². The summed E-state index contributed by atoms with van der Waals surface area (Å²) in [5.74, 6) is -0.767. The smallest absolute Gasteiger partial charge is 0.328 e. The predicted octanol–water partition coefficient (Wildman–Crippen LogP) is 2.53. The quantitative estimate of drug-likeness (QED) is 0.668. The minimum atomic E-state index is -0.651. The Bertz CT molecular complexity index is 468. The lowest BCUT2D eigenvalue weighted by molar-refractivity contribution is -0.146. The van der Waals surface area contributed by atoms with Crippen LogP contribution in [0.3, 0.4) is 0 Å². The fourth-order valence-electron chi connectivity index (χ4n) is 1.33. The summed E-state index contributed by atoms with van der Waals surface area (Å²) >= 11 is 3.33. The highest BCUT2D eigenvalue weighted by Gasteiger charge is 2.14. The first-order valence-corrected chi connectivity index (χ1v) is 6.73. The van der Waals surface area contributed by atoms with Crippen LogP contribution in [0, 0.1) is 0 Å². The highest BCUT2D eigenvalue weighted by atomic mass is 79.9. The zero-order valence-corrected chi connectivity index (χ0v) is 12.4. The number of hydrogen-bond donors (Lipinski definition) is 1. The first kappa shape index (κ1) is 15.4. The van der Waals surface area contributed by atoms with Gasteiger partial charge >= 0.3 is 5.97 Å². The summed E-state index contributed by atoms with van der Waals surface area (Å²) in [6, 6.07) is 6.88. The van der Waals surface area contributed by atoms with Gasteiger partial charge in [0.1, 0.15) is 6.04 Å². The minimum Gasteiger partial charge on any atom is -0.464 e. The number of carbonyl (C=O) groups is 2. The summed E-state index contributed by atoms with van der Waals surface area (Å²) in [5, 5.41) is 2.54. The second-order valence-electron chi connectivity index (χ2n) is 3.87. The number of halogens is 1. The van der Waals surface area contributed by atoms with Gasteiger partial charge < -0.3 is 10.1 Å². The van der Waals surface area contributed by atoms with Crippen molar-refractivity contribution in [3.05, 3.63) is 40.4 Å². The number of nitrogens with one attached hydrogen (secondary N) is 1. The van der Waals surface area contributed by atoms with E-state index in [2.05, 4.69) is 21.2 Å². The molecule has 0 aromatic heterocycles. The lowest BCUT2D eigenvalue weighted by Crippen LogP contribution is -2.38. The van der Waals surface area contributed by atoms with Gasteiger partial charge in [0.15, 0.2) is 0 Å². The third-order valence-electron chi connectivity index (χ3n) is 2.30. The van der Waals surface area contributed by atoms with E-state index in [1.807, 2.05) is 24.3 Å². The van der Waals surface area contributed by atoms with Crippen molar-refractivity contribution in [1.29, 1.82) is 0 Å². The molecule has 0 aliphatic rings. The predicted molar refractivity (Wildman–Crippen MR) is 77.4 cm³/mol. The van der Waals surface area contributed by atoms with E-state index in [4.69, 9.17) is 4.74 Å². The van der Waals surface area contributed by atoms with Gasteiger partial charge in [0.25, 0.3) is 0 Å². The monoisotopic (exact) mass is 325 g/mol. The molecule has 1 rings (SSSR count). The molecule has 0 aliphatic heterocycles. The Kier molecular flexibility index (Phi) is 6.29. The molecule has 4 nitrogen and oxygen atoms in total. The number of ether oxygens (including phenoxy) is 1. The Hall–Kier alpha value is -1.62. The van der Waals surface area contributed by atoms with Crippen LogP contribution in [-0.2, 0) is 14.3 Å². The Morgan fingerprint density at radius 3 is 2.58 bits per heavy atom. The van der Waals surface area contributed by atoms with E-state index in [9.17, 15) is 9.59 Å². The summed E-state index contributed by atoms with van der Waals surface area (Å²) in [7, 11) is 0. The van der Waals surface area contributed by atoms with Crippen LogP contribution in [-0.4, -0.2) is 24.5 Å². The van der Waals surface area contributed by atoms with Gasteiger partial charge in [-0.2, -0.15) is 0 Å². The van der Waals surface area contributed by atoms with Crippen molar-refractivity contribution in [3.63, 3.8) is 0 Å². The van der Waals surface area contributed by atoms with Crippen molar-refractivity contribution >= 4 is 33.9 Å². The van der Waals surface area contributed by atoms with Gasteiger partial charge in [-0.25, -0.2) is 4.79 Å². The lowest BCUT2D eigenvalue weighted by atomic mass is 10.2. The summed E-state index contributed by atoms with van der Waals surface area (Å²) in [6.07, 6.45) is 3.07. The molecule has 1 aromatic carbocycles. The van der Waals surface area contributed by atoms with Gasteiger partial charge in [0, 0.05) is 10.5 Å². The molecular weight excluding hydrogens is 310 g/mol. The second-order valence-corrected chi connectivity index (χ2v) is 4.78. The van der Waals surface area contributed by atoms with Gasteiger partial charge in [0.05, 0.1) is 6.61 Å². The van der Waals surface area contributed by atoms with Crippen molar-refractivity contribution in [2.45, 2.75) is 19.9 Å². The highest BCUT2D eigenvalue weighted by molar-refractivity contribution is 9.10. The molecule has 0 saturated heterocycles. The van der Waals surface area contributed by atoms with Crippen LogP contribution in [0.4, 0.5) is 0 Å². The number of hydrogen-bond acceptors (Lipinski definition) is 3. The molecule has 0 saturated carbocycles. The summed E-state index contributed by atoms with van der Waals surface area (Å²) in [4.78, 5) is 22.9. The van der Waals surface area contributed by atoms with Gasteiger partial charge in [-0.3, -0.25) is 4.79 Å². The van der Waals surface area contributed by atoms with Crippen molar-refractivity contribution in [2.75, 3.05) is 6.61 Å². The fraction of sp³-hybridized carbons (Fsp3) is 0.286. The van der Waals surface area contributed by atoms with Crippen LogP contribution < -0.4 is 5.32 Å². The van der Waals surface area contributed by atoms with E-state index in [0.29, 0.717) is 6.61 Å². The number of esters is 1. The Morgan fingerprint density at radius 1 is 1.37 bits per heavy atom. The maximum atomic E-state index is 11.6. The minimum absolute atomic E-state index is 0.299. The lowest BCUT2D eigenvalue weighted by Gasteiger charge is -2.10. The van der Waals surface area contributed by atoms with Gasteiger partial charge in [-0.05, 0) is 37.6 Å². The average molecular weight is 326 g/mol. The summed E-state index contributed by atoms with van der Waals surface area (Å²) in [5.41, 5.74) is 0.905. The largest absolute Gasteiger partial charge is 0.464 e. The van der Waals surface area contributed by atoms with Crippen LogP contribution in [0.5, 0.6) is 0 Å². The standard InChI is InChI=1S/C14H16BrNO3/c1-3-19-14(18)10(2)16-13(17)9-6-11-4-7-12(15)8-5-11/h4-10H,3H2,1-2H3,(H,16,17). The number of carbonyl (C=O) groups excluding carboxylic acids is 2. The molecule has 19 heavy (non-hydrogen) atoms. The molecule has 0 bridgehead atoms. The first-order valence-electron chi connectivity index (χ1n) is 5.93. The molecule has 0 fully saturated rings. The van der Waals surface area contributed by atoms with Gasteiger partial charge in [0.2, 0.25) is 5.91 Å². The van der Waals surface area contributed by atoms with Crippen LogP contribution in [0.1, 0.15) is 19.4 Å². The first-order chi connectivity index (χ1) is 9.02.